The van der Waals surface area contributed by atoms with Crippen LogP contribution < -0.4 is 0 Å². The highest BCUT2D eigenvalue weighted by molar-refractivity contribution is 5.81. The van der Waals surface area contributed by atoms with E-state index in [1.54, 1.807) is 0 Å². The van der Waals surface area contributed by atoms with Crippen molar-refractivity contribution in [3.63, 3.8) is 0 Å². The van der Waals surface area contributed by atoms with E-state index < -0.39 is 0 Å². The summed E-state index contributed by atoms with van der Waals surface area (Å²) in [5.74, 6) is 1.13. The van der Waals surface area contributed by atoms with Crippen LogP contribution in [-0.2, 0) is 22.6 Å². The monoisotopic (exact) mass is 262 g/mol. The summed E-state index contributed by atoms with van der Waals surface area (Å²) < 4.78 is 7.99. The van der Waals surface area contributed by atoms with E-state index in [-0.39, 0.29) is 12.0 Å². The molecule has 1 aliphatic heterocycles. The number of nitrogens with zero attached hydrogens (tertiary/aromatic N) is 2. The third kappa shape index (κ3) is 2.54. The predicted octanol–water partition coefficient (Wildman–Crippen LogP) is 1.89. The van der Waals surface area contributed by atoms with Crippen LogP contribution in [0.5, 0.6) is 0 Å². The first-order chi connectivity index (χ1) is 9.19. The van der Waals surface area contributed by atoms with Crippen LogP contribution in [0.4, 0.5) is 0 Å². The maximum atomic E-state index is 12.5. The summed E-state index contributed by atoms with van der Waals surface area (Å²) in [4.78, 5) is 14.5. The predicted molar refractivity (Wildman–Crippen MR) is 72.5 cm³/mol. The molecule has 104 valence electrons. The van der Waals surface area contributed by atoms with E-state index in [1.807, 2.05) is 17.9 Å². The first-order valence-electron chi connectivity index (χ1n) is 7.23. The molecule has 1 aliphatic carbocycles. The molecule has 0 bridgehead atoms. The molecule has 4 nitrogen and oxygen atoms in total. The molecule has 0 N–H and O–H groups in total. The van der Waals surface area contributed by atoms with Gasteiger partial charge in [-0.3, -0.25) is 4.79 Å². The third-order valence-corrected chi connectivity index (χ3v) is 4.24. The number of fused-ring (bicyclic) bond motifs is 1. The first kappa shape index (κ1) is 12.7. The Kier molecular flexibility index (Phi) is 3.35. The van der Waals surface area contributed by atoms with Crippen molar-refractivity contribution in [1.29, 1.82) is 0 Å². The largest absolute Gasteiger partial charge is 0.375 e. The average Bonchev–Trinajstić information content (AvgIpc) is 3.01. The van der Waals surface area contributed by atoms with Gasteiger partial charge in [-0.15, -0.1) is 0 Å². The smallest absolute Gasteiger partial charge is 0.226 e. The minimum atomic E-state index is 0.108. The van der Waals surface area contributed by atoms with Gasteiger partial charge in [0.1, 0.15) is 0 Å². The van der Waals surface area contributed by atoms with Gasteiger partial charge in [0.2, 0.25) is 5.91 Å². The number of ether oxygens (including phenoxy) is 1. The van der Waals surface area contributed by atoms with Crippen molar-refractivity contribution >= 4 is 5.91 Å². The number of hydrogen-bond acceptors (Lipinski definition) is 2. The summed E-state index contributed by atoms with van der Waals surface area (Å²) >= 11 is 0. The summed E-state index contributed by atoms with van der Waals surface area (Å²) in [6.45, 7) is 7.15. The van der Waals surface area contributed by atoms with Crippen molar-refractivity contribution in [3.8, 4) is 0 Å². The van der Waals surface area contributed by atoms with Crippen LogP contribution in [0.2, 0.25) is 0 Å². The molecule has 0 aromatic carbocycles. The minimum Gasteiger partial charge on any atom is -0.375 e. The summed E-state index contributed by atoms with van der Waals surface area (Å²) in [5.41, 5.74) is 1.21. The Morgan fingerprint density at radius 2 is 2.26 bits per heavy atom. The quantitative estimate of drug-likeness (QED) is 0.833. The fraction of sp³-hybridized carbons (Fsp3) is 0.667. The highest BCUT2D eigenvalue weighted by atomic mass is 16.5. The average molecular weight is 262 g/mol. The SMILES string of the molecule is CCO[C@@H]1CN(C(=O)[C@@H]2C[C@H]2C)Cc2cccn2C1. The maximum Gasteiger partial charge on any atom is 0.226 e. The Balaban J connectivity index is 1.78. The number of amides is 1. The van der Waals surface area contributed by atoms with Gasteiger partial charge in [0.05, 0.1) is 19.2 Å². The standard InChI is InChI=1S/C15H22N2O2/c1-3-19-13-9-16-6-4-5-12(16)8-17(10-13)15(18)14-7-11(14)2/h4-6,11,13-14H,3,7-10H2,1-2H3/t11-,13+,14-/m1/s1. The zero-order valence-corrected chi connectivity index (χ0v) is 11.7. The fourth-order valence-electron chi connectivity index (χ4n) is 2.96. The number of rotatable bonds is 3. The molecular formula is C15H22N2O2. The Bertz CT molecular complexity index is 468. The van der Waals surface area contributed by atoms with Crippen molar-refractivity contribution in [2.45, 2.75) is 39.5 Å². The van der Waals surface area contributed by atoms with Crippen LogP contribution >= 0.6 is 0 Å². The summed E-state index contributed by atoms with van der Waals surface area (Å²) in [7, 11) is 0. The zero-order chi connectivity index (χ0) is 13.4. The summed E-state index contributed by atoms with van der Waals surface area (Å²) in [6.07, 6.45) is 3.24. The van der Waals surface area contributed by atoms with Crippen LogP contribution in [0, 0.1) is 11.8 Å². The topological polar surface area (TPSA) is 34.5 Å². The first-order valence-corrected chi connectivity index (χ1v) is 7.23. The molecule has 2 heterocycles. The Labute approximate surface area is 114 Å². The lowest BCUT2D eigenvalue weighted by Gasteiger charge is -2.24. The molecule has 19 heavy (non-hydrogen) atoms. The lowest BCUT2D eigenvalue weighted by atomic mass is 10.2. The van der Waals surface area contributed by atoms with Gasteiger partial charge in [-0.1, -0.05) is 6.92 Å². The zero-order valence-electron chi connectivity index (χ0n) is 11.7. The number of hydrogen-bond donors (Lipinski definition) is 0. The van der Waals surface area contributed by atoms with Crippen LogP contribution in [0.3, 0.4) is 0 Å². The van der Waals surface area contributed by atoms with Gasteiger partial charge < -0.3 is 14.2 Å². The van der Waals surface area contributed by atoms with Gasteiger partial charge in [0.25, 0.3) is 0 Å². The van der Waals surface area contributed by atoms with E-state index in [0.717, 1.165) is 26.1 Å². The molecule has 0 unspecified atom stereocenters. The van der Waals surface area contributed by atoms with E-state index in [0.29, 0.717) is 18.4 Å². The van der Waals surface area contributed by atoms with Crippen molar-refractivity contribution in [3.05, 3.63) is 24.0 Å². The summed E-state index contributed by atoms with van der Waals surface area (Å²) in [6, 6.07) is 4.15. The van der Waals surface area contributed by atoms with Crippen LogP contribution in [0.25, 0.3) is 0 Å². The number of carbonyl (C=O) groups excluding carboxylic acids is 1. The van der Waals surface area contributed by atoms with Gasteiger partial charge in [-0.2, -0.15) is 0 Å². The van der Waals surface area contributed by atoms with Gasteiger partial charge in [-0.25, -0.2) is 0 Å². The van der Waals surface area contributed by atoms with E-state index in [1.165, 1.54) is 5.69 Å². The van der Waals surface area contributed by atoms with Gasteiger partial charge in [0, 0.05) is 31.0 Å². The molecule has 0 radical (unpaired) electrons. The van der Waals surface area contributed by atoms with Crippen LogP contribution in [0.1, 0.15) is 26.0 Å². The molecular weight excluding hydrogens is 240 g/mol. The fourth-order valence-corrected chi connectivity index (χ4v) is 2.96. The molecule has 2 aliphatic rings. The van der Waals surface area contributed by atoms with Gasteiger partial charge >= 0.3 is 0 Å². The van der Waals surface area contributed by atoms with E-state index in [4.69, 9.17) is 4.74 Å². The Morgan fingerprint density at radius 3 is 2.95 bits per heavy atom. The molecule has 0 saturated heterocycles. The lowest BCUT2D eigenvalue weighted by Crippen LogP contribution is -2.38. The molecule has 0 spiro atoms. The number of aromatic nitrogens is 1. The van der Waals surface area contributed by atoms with Crippen molar-refractivity contribution in [2.75, 3.05) is 13.2 Å². The molecule has 4 heteroatoms. The maximum absolute atomic E-state index is 12.5. The third-order valence-electron chi connectivity index (χ3n) is 4.24. The second kappa shape index (κ2) is 5.00. The highest BCUT2D eigenvalue weighted by Crippen LogP contribution is 2.39. The van der Waals surface area contributed by atoms with E-state index >= 15 is 0 Å². The number of carbonyl (C=O) groups is 1. The summed E-state index contributed by atoms with van der Waals surface area (Å²) in [5, 5.41) is 0. The normalized spacial score (nSPS) is 29.8. The molecule has 1 aromatic rings. The molecule has 3 atom stereocenters. The van der Waals surface area contributed by atoms with E-state index in [9.17, 15) is 4.79 Å². The van der Waals surface area contributed by atoms with Gasteiger partial charge in [-0.05, 0) is 31.4 Å². The Morgan fingerprint density at radius 1 is 1.47 bits per heavy atom. The molecule has 1 fully saturated rings. The van der Waals surface area contributed by atoms with Crippen LogP contribution in [0.15, 0.2) is 18.3 Å². The Hall–Kier alpha value is -1.29. The molecule has 1 aromatic heterocycles. The second-order valence-corrected chi connectivity index (χ2v) is 5.77. The van der Waals surface area contributed by atoms with Crippen LogP contribution in [-0.4, -0.2) is 34.6 Å². The molecule has 1 saturated carbocycles. The van der Waals surface area contributed by atoms with E-state index in [2.05, 4.69) is 23.8 Å². The van der Waals surface area contributed by atoms with Crippen molar-refractivity contribution in [2.24, 2.45) is 11.8 Å². The van der Waals surface area contributed by atoms with Gasteiger partial charge in [0.15, 0.2) is 0 Å². The second-order valence-electron chi connectivity index (χ2n) is 5.77. The molecule has 3 rings (SSSR count). The lowest BCUT2D eigenvalue weighted by molar-refractivity contribution is -0.135. The van der Waals surface area contributed by atoms with Crippen molar-refractivity contribution < 1.29 is 9.53 Å². The highest BCUT2D eigenvalue weighted by Gasteiger charge is 2.42. The minimum absolute atomic E-state index is 0.108. The molecule has 1 amide bonds. The van der Waals surface area contributed by atoms with Crippen molar-refractivity contribution in [1.82, 2.24) is 9.47 Å².